The molecule has 1 heterocycles. The average Bonchev–Trinajstić information content (AvgIpc) is 2.64. The molecule has 0 saturated heterocycles. The van der Waals surface area contributed by atoms with Crippen molar-refractivity contribution in [1.29, 1.82) is 0 Å². The summed E-state index contributed by atoms with van der Waals surface area (Å²) in [6, 6.07) is 3.70. The van der Waals surface area contributed by atoms with E-state index in [1.807, 2.05) is 19.1 Å². The van der Waals surface area contributed by atoms with Gasteiger partial charge in [0.25, 0.3) is 0 Å². The molecule has 0 spiro atoms. The van der Waals surface area contributed by atoms with Crippen LogP contribution in [0.1, 0.15) is 31.4 Å². The third-order valence-electron chi connectivity index (χ3n) is 2.69. The maximum absolute atomic E-state index is 5.74. The van der Waals surface area contributed by atoms with Crippen LogP contribution < -0.4 is 10.5 Å². The highest BCUT2D eigenvalue weighted by molar-refractivity contribution is 5.43. The molecule has 1 aliphatic carbocycles. The molecule has 1 fully saturated rings. The second-order valence-electron chi connectivity index (χ2n) is 3.85. The quantitative estimate of drug-likeness (QED) is 0.782. The zero-order valence-corrected chi connectivity index (χ0v) is 8.49. The monoisotopic (exact) mass is 192 g/mol. The van der Waals surface area contributed by atoms with Gasteiger partial charge < -0.3 is 10.5 Å². The Morgan fingerprint density at radius 1 is 1.36 bits per heavy atom. The van der Waals surface area contributed by atoms with Gasteiger partial charge in [-0.1, -0.05) is 0 Å². The SMILES string of the molecule is Cc1nc(OC2CCCC2)ccc1N. The van der Waals surface area contributed by atoms with Crippen molar-refractivity contribution in [3.63, 3.8) is 0 Å². The first kappa shape index (κ1) is 9.31. The molecule has 0 amide bonds. The van der Waals surface area contributed by atoms with Gasteiger partial charge in [0, 0.05) is 6.07 Å². The summed E-state index contributed by atoms with van der Waals surface area (Å²) < 4.78 is 5.74. The fourth-order valence-electron chi connectivity index (χ4n) is 1.79. The summed E-state index contributed by atoms with van der Waals surface area (Å²) in [7, 11) is 0. The van der Waals surface area contributed by atoms with E-state index in [4.69, 9.17) is 10.5 Å². The summed E-state index contributed by atoms with van der Waals surface area (Å²) >= 11 is 0. The number of hydrogen-bond donors (Lipinski definition) is 1. The van der Waals surface area contributed by atoms with Gasteiger partial charge >= 0.3 is 0 Å². The summed E-state index contributed by atoms with van der Waals surface area (Å²) in [5, 5.41) is 0. The third kappa shape index (κ3) is 1.97. The molecule has 1 saturated carbocycles. The number of aromatic nitrogens is 1. The van der Waals surface area contributed by atoms with E-state index in [0.29, 0.717) is 12.0 Å². The predicted molar refractivity (Wildman–Crippen MR) is 56.3 cm³/mol. The van der Waals surface area contributed by atoms with E-state index in [1.54, 1.807) is 0 Å². The fourth-order valence-corrected chi connectivity index (χ4v) is 1.79. The van der Waals surface area contributed by atoms with Crippen LogP contribution in [-0.2, 0) is 0 Å². The van der Waals surface area contributed by atoms with Gasteiger partial charge in [-0.3, -0.25) is 0 Å². The molecule has 3 nitrogen and oxygen atoms in total. The van der Waals surface area contributed by atoms with Crippen LogP contribution in [0.15, 0.2) is 12.1 Å². The molecule has 76 valence electrons. The number of ether oxygens (including phenoxy) is 1. The Labute approximate surface area is 84.3 Å². The Morgan fingerprint density at radius 3 is 2.71 bits per heavy atom. The zero-order chi connectivity index (χ0) is 9.97. The molecule has 2 N–H and O–H groups in total. The number of anilines is 1. The lowest BCUT2D eigenvalue weighted by atomic mass is 10.3. The van der Waals surface area contributed by atoms with Gasteiger partial charge in [-0.2, -0.15) is 0 Å². The summed E-state index contributed by atoms with van der Waals surface area (Å²) in [6.07, 6.45) is 5.23. The highest BCUT2D eigenvalue weighted by Crippen LogP contribution is 2.23. The summed E-state index contributed by atoms with van der Waals surface area (Å²) in [5.74, 6) is 0.712. The molecule has 3 heteroatoms. The standard InChI is InChI=1S/C11H16N2O/c1-8-10(12)6-7-11(13-8)14-9-4-2-3-5-9/h6-7,9H,2-5,12H2,1H3. The fraction of sp³-hybridized carbons (Fsp3) is 0.545. The van der Waals surface area contributed by atoms with Gasteiger partial charge in [0.1, 0.15) is 6.10 Å². The molecular formula is C11H16N2O. The Morgan fingerprint density at radius 2 is 2.07 bits per heavy atom. The van der Waals surface area contributed by atoms with Gasteiger partial charge in [-0.05, 0) is 38.7 Å². The summed E-state index contributed by atoms with van der Waals surface area (Å²) in [5.41, 5.74) is 7.25. The van der Waals surface area contributed by atoms with Crippen molar-refractivity contribution in [3.8, 4) is 5.88 Å². The molecule has 0 radical (unpaired) electrons. The van der Waals surface area contributed by atoms with E-state index >= 15 is 0 Å². The molecule has 0 bridgehead atoms. The summed E-state index contributed by atoms with van der Waals surface area (Å²) in [6.45, 7) is 1.90. The Balaban J connectivity index is 2.05. The first-order valence-electron chi connectivity index (χ1n) is 5.15. The summed E-state index contributed by atoms with van der Waals surface area (Å²) in [4.78, 5) is 4.29. The van der Waals surface area contributed by atoms with Crippen LogP contribution in [0, 0.1) is 6.92 Å². The van der Waals surface area contributed by atoms with E-state index in [0.717, 1.165) is 24.2 Å². The van der Waals surface area contributed by atoms with Crippen molar-refractivity contribution < 1.29 is 4.74 Å². The molecule has 14 heavy (non-hydrogen) atoms. The van der Waals surface area contributed by atoms with E-state index in [-0.39, 0.29) is 0 Å². The maximum atomic E-state index is 5.74. The molecule has 1 aromatic heterocycles. The Kier molecular flexibility index (Phi) is 2.57. The van der Waals surface area contributed by atoms with Gasteiger partial charge in [-0.25, -0.2) is 4.98 Å². The number of nitrogens with two attached hydrogens (primary N) is 1. The molecule has 2 rings (SSSR count). The molecule has 1 aliphatic rings. The van der Waals surface area contributed by atoms with Crippen LogP contribution >= 0.6 is 0 Å². The van der Waals surface area contributed by atoms with Gasteiger partial charge in [0.15, 0.2) is 0 Å². The van der Waals surface area contributed by atoms with Crippen molar-refractivity contribution in [3.05, 3.63) is 17.8 Å². The van der Waals surface area contributed by atoms with Crippen LogP contribution in [0.4, 0.5) is 5.69 Å². The first-order valence-corrected chi connectivity index (χ1v) is 5.15. The minimum absolute atomic E-state index is 0.366. The average molecular weight is 192 g/mol. The van der Waals surface area contributed by atoms with Crippen molar-refractivity contribution in [2.75, 3.05) is 5.73 Å². The largest absolute Gasteiger partial charge is 0.474 e. The molecular weight excluding hydrogens is 176 g/mol. The Bertz CT molecular complexity index is 319. The van der Waals surface area contributed by atoms with E-state index in [9.17, 15) is 0 Å². The normalized spacial score (nSPS) is 17.2. The second-order valence-corrected chi connectivity index (χ2v) is 3.85. The second kappa shape index (κ2) is 3.86. The van der Waals surface area contributed by atoms with Crippen molar-refractivity contribution >= 4 is 5.69 Å². The predicted octanol–water partition coefficient (Wildman–Crippen LogP) is 2.29. The molecule has 0 aliphatic heterocycles. The molecule has 0 aromatic carbocycles. The highest BCUT2D eigenvalue weighted by Gasteiger charge is 2.16. The van der Waals surface area contributed by atoms with Crippen molar-refractivity contribution in [2.24, 2.45) is 0 Å². The minimum Gasteiger partial charge on any atom is -0.474 e. The lowest BCUT2D eigenvalue weighted by Gasteiger charge is -2.12. The molecule has 0 atom stereocenters. The smallest absolute Gasteiger partial charge is 0.213 e. The number of hydrogen-bond acceptors (Lipinski definition) is 3. The lowest BCUT2D eigenvalue weighted by molar-refractivity contribution is 0.201. The van der Waals surface area contributed by atoms with Crippen LogP contribution in [0.5, 0.6) is 5.88 Å². The third-order valence-corrected chi connectivity index (χ3v) is 2.69. The number of nitrogen functional groups attached to an aromatic ring is 1. The number of nitrogens with zero attached hydrogens (tertiary/aromatic N) is 1. The van der Waals surface area contributed by atoms with Crippen molar-refractivity contribution in [1.82, 2.24) is 4.98 Å². The van der Waals surface area contributed by atoms with Crippen LogP contribution in [-0.4, -0.2) is 11.1 Å². The van der Waals surface area contributed by atoms with Gasteiger partial charge in [-0.15, -0.1) is 0 Å². The lowest BCUT2D eigenvalue weighted by Crippen LogP contribution is -2.12. The first-order chi connectivity index (χ1) is 6.75. The number of pyridine rings is 1. The highest BCUT2D eigenvalue weighted by atomic mass is 16.5. The van der Waals surface area contributed by atoms with Gasteiger partial charge in [0.05, 0.1) is 11.4 Å². The van der Waals surface area contributed by atoms with Crippen LogP contribution in [0.25, 0.3) is 0 Å². The van der Waals surface area contributed by atoms with Gasteiger partial charge in [0.2, 0.25) is 5.88 Å². The van der Waals surface area contributed by atoms with E-state index < -0.39 is 0 Å². The minimum atomic E-state index is 0.366. The maximum Gasteiger partial charge on any atom is 0.213 e. The topological polar surface area (TPSA) is 48.1 Å². The number of rotatable bonds is 2. The van der Waals surface area contributed by atoms with E-state index in [1.165, 1.54) is 12.8 Å². The van der Waals surface area contributed by atoms with Crippen LogP contribution in [0.2, 0.25) is 0 Å². The van der Waals surface area contributed by atoms with Crippen LogP contribution in [0.3, 0.4) is 0 Å². The Hall–Kier alpha value is -1.25. The molecule has 1 aromatic rings. The number of aryl methyl sites for hydroxylation is 1. The molecule has 0 unspecified atom stereocenters. The van der Waals surface area contributed by atoms with E-state index in [2.05, 4.69) is 4.98 Å². The zero-order valence-electron chi connectivity index (χ0n) is 8.49. The van der Waals surface area contributed by atoms with Crippen molar-refractivity contribution in [2.45, 2.75) is 38.7 Å².